The molecule has 6 nitrogen and oxygen atoms in total. The van der Waals surface area contributed by atoms with Gasteiger partial charge in [-0.25, -0.2) is 0 Å². The third-order valence-electron chi connectivity index (χ3n) is 4.83. The number of carbonyl (C=O) groups is 1. The highest BCUT2D eigenvalue weighted by Crippen LogP contribution is 2.32. The minimum atomic E-state index is -0.314. The average Bonchev–Trinajstić information content (AvgIpc) is 3.35. The van der Waals surface area contributed by atoms with Crippen molar-refractivity contribution in [1.82, 2.24) is 0 Å². The van der Waals surface area contributed by atoms with Crippen LogP contribution < -0.4 is 10.2 Å². The van der Waals surface area contributed by atoms with Gasteiger partial charge in [0.05, 0.1) is 17.1 Å². The number of carbonyl (C=O) groups excluding carboxylic acids is 1. The molecule has 0 unspecified atom stereocenters. The minimum absolute atomic E-state index is 0.0179. The van der Waals surface area contributed by atoms with E-state index in [-0.39, 0.29) is 11.7 Å². The quantitative estimate of drug-likeness (QED) is 0.253. The number of azo groups is 1. The van der Waals surface area contributed by atoms with E-state index in [2.05, 4.69) is 15.5 Å². The maximum Gasteiger partial charge on any atom is 0.255 e. The fourth-order valence-corrected chi connectivity index (χ4v) is 3.76. The summed E-state index contributed by atoms with van der Waals surface area (Å²) in [4.78, 5) is 15.7. The molecule has 7 heteroatoms. The second kappa shape index (κ2) is 9.45. The second-order valence-corrected chi connectivity index (χ2v) is 8.27. The van der Waals surface area contributed by atoms with Crippen LogP contribution in [0, 0.1) is 0 Å². The van der Waals surface area contributed by atoms with Crippen LogP contribution in [-0.4, -0.2) is 25.1 Å². The van der Waals surface area contributed by atoms with E-state index >= 15 is 0 Å². The smallest absolute Gasteiger partial charge is 0.255 e. The Morgan fingerprint density at radius 3 is 2.16 bits per heavy atom. The maximum absolute atomic E-state index is 12.7. The predicted octanol–water partition coefficient (Wildman–Crippen LogP) is 6.85. The summed E-state index contributed by atoms with van der Waals surface area (Å²) in [5, 5.41) is 23.4. The van der Waals surface area contributed by atoms with Crippen LogP contribution in [0.15, 0.2) is 94.5 Å². The molecular weight excluding hydrogens is 420 g/mol. The molecule has 0 radical (unpaired) electrons. The highest BCUT2D eigenvalue weighted by Gasteiger charge is 2.11. The average molecular weight is 443 g/mol. The summed E-state index contributed by atoms with van der Waals surface area (Å²) in [7, 11) is 3.96. The number of rotatable bonds is 6. The number of phenols is 1. The van der Waals surface area contributed by atoms with Crippen molar-refractivity contribution < 1.29 is 9.90 Å². The molecule has 0 aliphatic rings. The Morgan fingerprint density at radius 1 is 0.906 bits per heavy atom. The van der Waals surface area contributed by atoms with Gasteiger partial charge in [-0.05, 0) is 83.7 Å². The van der Waals surface area contributed by atoms with Crippen molar-refractivity contribution in [2.75, 3.05) is 24.3 Å². The van der Waals surface area contributed by atoms with E-state index in [1.54, 1.807) is 47.7 Å². The molecule has 0 fully saturated rings. The maximum atomic E-state index is 12.7. The Balaban J connectivity index is 1.44. The van der Waals surface area contributed by atoms with E-state index in [0.717, 1.165) is 21.8 Å². The van der Waals surface area contributed by atoms with Gasteiger partial charge in [0.25, 0.3) is 5.91 Å². The summed E-state index contributed by atoms with van der Waals surface area (Å²) in [6.45, 7) is 0. The van der Waals surface area contributed by atoms with E-state index in [1.165, 1.54) is 0 Å². The molecule has 4 aromatic rings. The van der Waals surface area contributed by atoms with Gasteiger partial charge in [0.1, 0.15) is 5.75 Å². The van der Waals surface area contributed by atoms with Crippen LogP contribution in [-0.2, 0) is 0 Å². The van der Waals surface area contributed by atoms with Gasteiger partial charge in [0.15, 0.2) is 0 Å². The molecule has 4 rings (SSSR count). The van der Waals surface area contributed by atoms with Crippen LogP contribution in [0.4, 0.5) is 22.7 Å². The lowest BCUT2D eigenvalue weighted by molar-refractivity contribution is 0.102. The molecule has 0 spiro atoms. The zero-order valence-corrected chi connectivity index (χ0v) is 18.5. The lowest BCUT2D eigenvalue weighted by Crippen LogP contribution is -2.11. The number of nitrogens with one attached hydrogen (secondary N) is 1. The summed E-state index contributed by atoms with van der Waals surface area (Å²) < 4.78 is 0. The van der Waals surface area contributed by atoms with Crippen LogP contribution in [0.5, 0.6) is 5.75 Å². The standard InChI is InChI=1S/C25H22N4O2S/c1-29(2)21-12-10-20(11-13-21)28-27-19-8-5-17(6-9-19)25(31)26-22-16-18(7-14-23(22)30)24-4-3-15-32-24/h3-16,30H,1-2H3,(H,26,31). The van der Waals surface area contributed by atoms with Crippen molar-refractivity contribution in [2.24, 2.45) is 10.2 Å². The summed E-state index contributed by atoms with van der Waals surface area (Å²) >= 11 is 1.60. The molecule has 0 atom stereocenters. The number of benzene rings is 3. The van der Waals surface area contributed by atoms with Crippen molar-refractivity contribution in [1.29, 1.82) is 0 Å². The Morgan fingerprint density at radius 2 is 1.56 bits per heavy atom. The number of anilines is 2. The van der Waals surface area contributed by atoms with Crippen LogP contribution in [0.25, 0.3) is 10.4 Å². The molecule has 32 heavy (non-hydrogen) atoms. The number of nitrogens with zero attached hydrogens (tertiary/aromatic N) is 3. The predicted molar refractivity (Wildman–Crippen MR) is 131 cm³/mol. The Bertz CT molecular complexity index is 1230. The molecule has 1 aromatic heterocycles. The van der Waals surface area contributed by atoms with Gasteiger partial charge in [-0.3, -0.25) is 4.79 Å². The highest BCUT2D eigenvalue weighted by atomic mass is 32.1. The van der Waals surface area contributed by atoms with E-state index in [4.69, 9.17) is 0 Å². The minimum Gasteiger partial charge on any atom is -0.506 e. The number of hydrogen-bond donors (Lipinski definition) is 2. The van der Waals surface area contributed by atoms with Gasteiger partial charge in [0, 0.05) is 30.2 Å². The Hall–Kier alpha value is -3.97. The van der Waals surface area contributed by atoms with E-state index in [0.29, 0.717) is 16.9 Å². The monoisotopic (exact) mass is 442 g/mol. The van der Waals surface area contributed by atoms with Gasteiger partial charge < -0.3 is 15.3 Å². The lowest BCUT2D eigenvalue weighted by Gasteiger charge is -2.11. The molecule has 0 saturated carbocycles. The molecule has 3 aromatic carbocycles. The highest BCUT2D eigenvalue weighted by molar-refractivity contribution is 7.13. The van der Waals surface area contributed by atoms with E-state index in [9.17, 15) is 9.90 Å². The van der Waals surface area contributed by atoms with Crippen molar-refractivity contribution in [3.8, 4) is 16.2 Å². The first-order valence-electron chi connectivity index (χ1n) is 9.97. The lowest BCUT2D eigenvalue weighted by atomic mass is 10.1. The second-order valence-electron chi connectivity index (χ2n) is 7.32. The molecule has 1 heterocycles. The van der Waals surface area contributed by atoms with Crippen molar-refractivity contribution >= 4 is 40.0 Å². The SMILES string of the molecule is CN(C)c1ccc(N=Nc2ccc(C(=O)Nc3cc(-c4cccs4)ccc3O)cc2)cc1. The number of amides is 1. The third-order valence-corrected chi connectivity index (χ3v) is 5.75. The van der Waals surface area contributed by atoms with Gasteiger partial charge in [-0.2, -0.15) is 10.2 Å². The first kappa shape index (κ1) is 21.3. The van der Waals surface area contributed by atoms with E-state index < -0.39 is 0 Å². The third kappa shape index (κ3) is 5.01. The largest absolute Gasteiger partial charge is 0.506 e. The molecule has 0 aliphatic heterocycles. The van der Waals surface area contributed by atoms with E-state index in [1.807, 2.05) is 66.8 Å². The van der Waals surface area contributed by atoms with Crippen molar-refractivity contribution in [3.05, 3.63) is 89.8 Å². The molecule has 0 saturated heterocycles. The number of aromatic hydroxyl groups is 1. The normalized spacial score (nSPS) is 10.9. The first-order chi connectivity index (χ1) is 15.5. The van der Waals surface area contributed by atoms with Gasteiger partial charge in [0.2, 0.25) is 0 Å². The summed E-state index contributed by atoms with van der Waals surface area (Å²) in [5.74, 6) is -0.296. The van der Waals surface area contributed by atoms with Crippen LogP contribution in [0.2, 0.25) is 0 Å². The van der Waals surface area contributed by atoms with Gasteiger partial charge in [-0.15, -0.1) is 11.3 Å². The van der Waals surface area contributed by atoms with Crippen LogP contribution in [0.3, 0.4) is 0 Å². The zero-order valence-electron chi connectivity index (χ0n) is 17.7. The summed E-state index contributed by atoms with van der Waals surface area (Å²) in [6, 6.07) is 23.7. The molecule has 2 N–H and O–H groups in total. The zero-order chi connectivity index (χ0) is 22.5. The number of phenolic OH excluding ortho intramolecular Hbond substituents is 1. The molecule has 0 bridgehead atoms. The Kier molecular flexibility index (Phi) is 6.28. The molecule has 1 amide bonds. The molecular formula is C25H22N4O2S. The molecule has 160 valence electrons. The van der Waals surface area contributed by atoms with Crippen molar-refractivity contribution in [2.45, 2.75) is 0 Å². The fraction of sp³-hybridized carbons (Fsp3) is 0.0800. The fourth-order valence-electron chi connectivity index (χ4n) is 3.04. The summed E-state index contributed by atoms with van der Waals surface area (Å²) in [6.07, 6.45) is 0. The number of thiophene rings is 1. The first-order valence-corrected chi connectivity index (χ1v) is 10.8. The topological polar surface area (TPSA) is 77.3 Å². The Labute approximate surface area is 190 Å². The molecule has 0 aliphatic carbocycles. The van der Waals surface area contributed by atoms with Gasteiger partial charge in [-0.1, -0.05) is 6.07 Å². The van der Waals surface area contributed by atoms with Crippen LogP contribution in [0.1, 0.15) is 10.4 Å². The summed E-state index contributed by atoms with van der Waals surface area (Å²) in [5.41, 5.74) is 4.24. The number of hydrogen-bond acceptors (Lipinski definition) is 6. The van der Waals surface area contributed by atoms with Crippen molar-refractivity contribution in [3.63, 3.8) is 0 Å². The van der Waals surface area contributed by atoms with Gasteiger partial charge >= 0.3 is 0 Å². The van der Waals surface area contributed by atoms with Crippen LogP contribution >= 0.6 is 11.3 Å².